The normalized spacial score (nSPS) is 11.6. The lowest BCUT2D eigenvalue weighted by Gasteiger charge is -2.14. The second-order valence-electron chi connectivity index (χ2n) is 11.2. The van der Waals surface area contributed by atoms with E-state index in [4.69, 9.17) is 4.98 Å². The van der Waals surface area contributed by atoms with Gasteiger partial charge in [0.25, 0.3) is 0 Å². The van der Waals surface area contributed by atoms with Gasteiger partial charge in [0.05, 0.1) is 22.4 Å². The second kappa shape index (κ2) is 10.0. The number of hydrogen-bond donors (Lipinski definition) is 0. The van der Waals surface area contributed by atoms with E-state index in [2.05, 4.69) is 162 Å². The molecule has 3 heterocycles. The summed E-state index contributed by atoms with van der Waals surface area (Å²) in [5, 5.41) is 5.07. The predicted octanol–water partition coefficient (Wildman–Crippen LogP) is 11.5. The molecule has 0 radical (unpaired) electrons. The number of nitrogens with zero attached hydrogens (tertiary/aromatic N) is 2. The Morgan fingerprint density at radius 3 is 1.93 bits per heavy atom. The zero-order chi connectivity index (χ0) is 29.0. The van der Waals surface area contributed by atoms with Crippen molar-refractivity contribution in [2.24, 2.45) is 0 Å². The first-order chi connectivity index (χ1) is 21.8. The summed E-state index contributed by atoms with van der Waals surface area (Å²) in [6.45, 7) is 0. The first kappa shape index (κ1) is 25.0. The summed E-state index contributed by atoms with van der Waals surface area (Å²) in [6, 6.07) is 56.5. The van der Waals surface area contributed by atoms with E-state index in [0.29, 0.717) is 0 Å². The minimum absolute atomic E-state index is 0.968. The van der Waals surface area contributed by atoms with Gasteiger partial charge < -0.3 is 4.57 Å². The van der Waals surface area contributed by atoms with Crippen LogP contribution in [-0.4, -0.2) is 9.55 Å². The summed E-state index contributed by atoms with van der Waals surface area (Å²) in [5.41, 5.74) is 10.1. The van der Waals surface area contributed by atoms with Crippen LogP contribution in [-0.2, 0) is 0 Å². The van der Waals surface area contributed by atoms with Gasteiger partial charge in [-0.25, -0.2) is 4.98 Å². The van der Waals surface area contributed by atoms with Crippen LogP contribution in [0.2, 0.25) is 0 Å². The summed E-state index contributed by atoms with van der Waals surface area (Å²) in [4.78, 5) is 5.32. The molecule has 0 fully saturated rings. The number of hydrogen-bond acceptors (Lipinski definition) is 2. The molecule has 0 atom stereocenters. The van der Waals surface area contributed by atoms with Crippen molar-refractivity contribution in [3.8, 4) is 39.3 Å². The van der Waals surface area contributed by atoms with Crippen LogP contribution in [0.15, 0.2) is 158 Å². The molecule has 0 aliphatic carbocycles. The van der Waals surface area contributed by atoms with E-state index in [0.717, 1.165) is 28.2 Å². The zero-order valence-corrected chi connectivity index (χ0v) is 24.6. The fourth-order valence-electron chi connectivity index (χ4n) is 6.63. The molecule has 0 saturated carbocycles. The molecule has 2 nitrogen and oxygen atoms in total. The third-order valence-electron chi connectivity index (χ3n) is 8.60. The van der Waals surface area contributed by atoms with Crippen molar-refractivity contribution in [2.45, 2.75) is 0 Å². The Morgan fingerprint density at radius 1 is 0.455 bits per heavy atom. The average Bonchev–Trinajstić information content (AvgIpc) is 3.65. The molecule has 0 aliphatic rings. The molecule has 0 amide bonds. The lowest BCUT2D eigenvalue weighted by Crippen LogP contribution is -1.96. The Kier molecular flexibility index (Phi) is 5.71. The zero-order valence-electron chi connectivity index (χ0n) is 23.8. The number of thiophene rings is 1. The molecule has 206 valence electrons. The summed E-state index contributed by atoms with van der Waals surface area (Å²) < 4.78 is 4.98. The van der Waals surface area contributed by atoms with Crippen molar-refractivity contribution in [1.29, 1.82) is 0 Å². The highest BCUT2D eigenvalue weighted by atomic mass is 32.1. The lowest BCUT2D eigenvalue weighted by molar-refractivity contribution is 1.18. The quantitative estimate of drug-likeness (QED) is 0.203. The smallest absolute Gasteiger partial charge is 0.0730 e. The first-order valence-corrected chi connectivity index (χ1v) is 15.7. The van der Waals surface area contributed by atoms with Gasteiger partial charge in [0, 0.05) is 53.3 Å². The van der Waals surface area contributed by atoms with E-state index in [1.54, 1.807) is 0 Å². The van der Waals surface area contributed by atoms with Crippen molar-refractivity contribution in [3.63, 3.8) is 0 Å². The highest BCUT2D eigenvalue weighted by Gasteiger charge is 2.19. The minimum atomic E-state index is 0.968. The Hall–Kier alpha value is -5.51. The maximum absolute atomic E-state index is 5.32. The number of pyridine rings is 1. The van der Waals surface area contributed by atoms with Crippen LogP contribution in [0, 0.1) is 0 Å². The summed E-state index contributed by atoms with van der Waals surface area (Å²) in [6.07, 6.45) is 0. The Balaban J connectivity index is 1.37. The van der Waals surface area contributed by atoms with Crippen LogP contribution in [0.5, 0.6) is 0 Å². The van der Waals surface area contributed by atoms with Gasteiger partial charge in [0.1, 0.15) is 0 Å². The van der Waals surface area contributed by atoms with Gasteiger partial charge in [0.2, 0.25) is 0 Å². The lowest BCUT2D eigenvalue weighted by atomic mass is 9.97. The Morgan fingerprint density at radius 2 is 1.09 bits per heavy atom. The third kappa shape index (κ3) is 3.90. The number of rotatable bonds is 4. The van der Waals surface area contributed by atoms with Crippen molar-refractivity contribution < 1.29 is 0 Å². The van der Waals surface area contributed by atoms with Crippen LogP contribution >= 0.6 is 11.3 Å². The maximum atomic E-state index is 5.32. The van der Waals surface area contributed by atoms with Crippen molar-refractivity contribution in [1.82, 2.24) is 9.55 Å². The van der Waals surface area contributed by atoms with Crippen molar-refractivity contribution in [3.05, 3.63) is 158 Å². The molecule has 0 bridgehead atoms. The number of fused-ring (bicyclic) bond motifs is 6. The molecular weight excluding hydrogens is 553 g/mol. The van der Waals surface area contributed by atoms with Gasteiger partial charge in [-0.3, -0.25) is 0 Å². The van der Waals surface area contributed by atoms with Crippen LogP contribution < -0.4 is 0 Å². The topological polar surface area (TPSA) is 17.8 Å². The Bertz CT molecular complexity index is 2490. The Labute approximate surface area is 259 Å². The molecular formula is C41H26N2S. The van der Waals surface area contributed by atoms with Crippen molar-refractivity contribution >= 4 is 53.3 Å². The molecule has 0 aliphatic heterocycles. The summed E-state index contributed by atoms with van der Waals surface area (Å²) >= 11 is 1.85. The van der Waals surface area contributed by atoms with Crippen LogP contribution in [0.25, 0.3) is 81.3 Å². The fourth-order valence-corrected chi connectivity index (χ4v) is 7.85. The van der Waals surface area contributed by atoms with Gasteiger partial charge in [-0.1, -0.05) is 121 Å². The minimum Gasteiger partial charge on any atom is -0.309 e. The van der Waals surface area contributed by atoms with E-state index in [9.17, 15) is 0 Å². The molecule has 0 N–H and O–H groups in total. The van der Waals surface area contributed by atoms with E-state index in [-0.39, 0.29) is 0 Å². The van der Waals surface area contributed by atoms with Crippen LogP contribution in [0.3, 0.4) is 0 Å². The number of para-hydroxylation sites is 3. The highest BCUT2D eigenvalue weighted by Crippen LogP contribution is 2.43. The van der Waals surface area contributed by atoms with Gasteiger partial charge in [0.15, 0.2) is 0 Å². The fraction of sp³-hybridized carbons (Fsp3) is 0. The van der Waals surface area contributed by atoms with Gasteiger partial charge in [-0.2, -0.15) is 0 Å². The van der Waals surface area contributed by atoms with E-state index >= 15 is 0 Å². The SMILES string of the molecule is c1ccc(-c2cc(-c3cccc4c5ccccc5n(-c5ccccc5)c34)cc(-c3cccc4c3sc3ccccc34)n2)cc1. The molecule has 6 aromatic carbocycles. The van der Waals surface area contributed by atoms with Crippen molar-refractivity contribution in [2.75, 3.05) is 0 Å². The van der Waals surface area contributed by atoms with E-state index < -0.39 is 0 Å². The molecule has 0 saturated heterocycles. The van der Waals surface area contributed by atoms with E-state index in [1.807, 2.05) is 11.3 Å². The first-order valence-electron chi connectivity index (χ1n) is 14.9. The van der Waals surface area contributed by atoms with Crippen LogP contribution in [0.1, 0.15) is 0 Å². The third-order valence-corrected chi connectivity index (χ3v) is 9.82. The largest absolute Gasteiger partial charge is 0.309 e. The molecule has 0 unspecified atom stereocenters. The molecule has 3 aromatic heterocycles. The molecule has 9 aromatic rings. The second-order valence-corrected chi connectivity index (χ2v) is 12.2. The van der Waals surface area contributed by atoms with Crippen LogP contribution in [0.4, 0.5) is 0 Å². The number of benzene rings is 6. The van der Waals surface area contributed by atoms with Gasteiger partial charge in [-0.15, -0.1) is 11.3 Å². The van der Waals surface area contributed by atoms with E-state index in [1.165, 1.54) is 53.1 Å². The molecule has 9 rings (SSSR count). The molecule has 0 spiro atoms. The summed E-state index contributed by atoms with van der Waals surface area (Å²) in [7, 11) is 0. The van der Waals surface area contributed by atoms with Gasteiger partial charge >= 0.3 is 0 Å². The predicted molar refractivity (Wildman–Crippen MR) is 188 cm³/mol. The highest BCUT2D eigenvalue weighted by molar-refractivity contribution is 7.26. The molecule has 3 heteroatoms. The van der Waals surface area contributed by atoms with Gasteiger partial charge in [-0.05, 0) is 42.0 Å². The maximum Gasteiger partial charge on any atom is 0.0730 e. The monoisotopic (exact) mass is 578 g/mol. The summed E-state index contributed by atoms with van der Waals surface area (Å²) in [5.74, 6) is 0. The standard InChI is InChI=1S/C41H26N2S/c1-3-13-27(14-4-1)36-25-28(26-37(42-36)35-22-12-21-34-32-18-8-10-24-39(32)44-41(34)35)30-19-11-20-33-31-17-7-9-23-38(31)43(40(30)33)29-15-5-2-6-16-29/h1-26H. The molecule has 44 heavy (non-hydrogen) atoms. The number of aromatic nitrogens is 2. The average molecular weight is 579 g/mol.